The van der Waals surface area contributed by atoms with Crippen LogP contribution < -0.4 is 5.43 Å². The van der Waals surface area contributed by atoms with Gasteiger partial charge in [0.05, 0.1) is 10.7 Å². The summed E-state index contributed by atoms with van der Waals surface area (Å²) >= 11 is 6.79. The number of hydrogen-bond acceptors (Lipinski definition) is 4. The highest BCUT2D eigenvalue weighted by Crippen LogP contribution is 2.31. The van der Waals surface area contributed by atoms with Gasteiger partial charge in [-0.05, 0) is 58.4 Å². The van der Waals surface area contributed by atoms with Crippen molar-refractivity contribution in [1.29, 1.82) is 0 Å². The highest BCUT2D eigenvalue weighted by molar-refractivity contribution is 9.11. The first-order chi connectivity index (χ1) is 13.5. The van der Waals surface area contributed by atoms with Gasteiger partial charge in [0.1, 0.15) is 22.9 Å². The molecule has 4 rings (SSSR count). The molecule has 0 aliphatic rings. The largest absolute Gasteiger partial charge is 0.455 e. The Morgan fingerprint density at radius 3 is 2.75 bits per heavy atom. The number of nitrogens with zero attached hydrogens (tertiary/aromatic N) is 1. The molecule has 0 unspecified atom stereocenters. The maximum Gasteiger partial charge on any atom is 0.307 e. The fourth-order valence-corrected chi connectivity index (χ4v) is 3.96. The zero-order chi connectivity index (χ0) is 19.7. The number of halogens is 3. The van der Waals surface area contributed by atoms with Crippen LogP contribution in [-0.2, 0) is 0 Å². The fourth-order valence-electron chi connectivity index (χ4n) is 2.62. The quantitative estimate of drug-likeness (QED) is 0.268. The highest BCUT2D eigenvalue weighted by Gasteiger charge is 2.14. The van der Waals surface area contributed by atoms with Crippen molar-refractivity contribution in [2.75, 3.05) is 0 Å². The molecule has 4 aromatic rings. The second-order valence-electron chi connectivity index (χ2n) is 5.83. The van der Waals surface area contributed by atoms with Gasteiger partial charge in [-0.15, -0.1) is 0 Å². The zero-order valence-electron chi connectivity index (χ0n) is 14.1. The minimum Gasteiger partial charge on any atom is -0.455 e. The van der Waals surface area contributed by atoms with Crippen molar-refractivity contribution in [2.24, 2.45) is 5.10 Å². The van der Waals surface area contributed by atoms with E-state index in [9.17, 15) is 9.18 Å². The van der Waals surface area contributed by atoms with Crippen molar-refractivity contribution >= 4 is 55.0 Å². The Labute approximate surface area is 175 Å². The first-order valence-electron chi connectivity index (χ1n) is 8.07. The first-order valence-corrected chi connectivity index (χ1v) is 9.66. The minimum absolute atomic E-state index is 0.130. The molecular weight excluding hydrogens is 495 g/mol. The second-order valence-corrected chi connectivity index (χ2v) is 7.60. The second kappa shape index (κ2) is 7.73. The molecule has 0 bridgehead atoms. The van der Waals surface area contributed by atoms with E-state index in [4.69, 9.17) is 8.83 Å². The van der Waals surface area contributed by atoms with Crippen molar-refractivity contribution in [2.45, 2.75) is 0 Å². The Morgan fingerprint density at radius 2 is 1.93 bits per heavy atom. The molecule has 8 heteroatoms. The lowest BCUT2D eigenvalue weighted by molar-refractivity contribution is 0.0929. The van der Waals surface area contributed by atoms with E-state index in [2.05, 4.69) is 42.4 Å². The third kappa shape index (κ3) is 3.93. The summed E-state index contributed by atoms with van der Waals surface area (Å²) in [6, 6.07) is 14.8. The van der Waals surface area contributed by atoms with Gasteiger partial charge in [0.2, 0.25) is 0 Å². The van der Waals surface area contributed by atoms with E-state index in [-0.39, 0.29) is 11.6 Å². The summed E-state index contributed by atoms with van der Waals surface area (Å²) in [5.41, 5.74) is 3.58. The van der Waals surface area contributed by atoms with E-state index in [0.717, 1.165) is 14.3 Å². The number of carbonyl (C=O) groups is 1. The Bertz CT molecular complexity index is 1210. The highest BCUT2D eigenvalue weighted by atomic mass is 79.9. The van der Waals surface area contributed by atoms with E-state index in [0.29, 0.717) is 22.7 Å². The maximum absolute atomic E-state index is 13.3. The van der Waals surface area contributed by atoms with E-state index in [1.165, 1.54) is 18.3 Å². The molecule has 28 heavy (non-hydrogen) atoms. The molecule has 0 atom stereocenters. The molecule has 1 amide bonds. The van der Waals surface area contributed by atoms with Gasteiger partial charge in [0.25, 0.3) is 0 Å². The van der Waals surface area contributed by atoms with Crippen molar-refractivity contribution in [3.8, 4) is 11.3 Å². The number of benzene rings is 2. The summed E-state index contributed by atoms with van der Waals surface area (Å²) in [5.74, 6) is 0.204. The molecule has 0 saturated carbocycles. The molecule has 0 fully saturated rings. The number of amides is 1. The van der Waals surface area contributed by atoms with Gasteiger partial charge in [-0.1, -0.05) is 28.1 Å². The first kappa shape index (κ1) is 18.6. The van der Waals surface area contributed by atoms with Gasteiger partial charge < -0.3 is 8.83 Å². The van der Waals surface area contributed by atoms with Crippen LogP contribution in [0.3, 0.4) is 0 Å². The molecule has 2 aromatic heterocycles. The molecule has 0 saturated heterocycles. The van der Waals surface area contributed by atoms with Crippen LogP contribution >= 0.6 is 31.9 Å². The number of hydrogen-bond donors (Lipinski definition) is 1. The third-order valence-corrected chi connectivity index (χ3v) is 4.90. The monoisotopic (exact) mass is 504 g/mol. The topological polar surface area (TPSA) is 67.7 Å². The van der Waals surface area contributed by atoms with E-state index < -0.39 is 5.91 Å². The summed E-state index contributed by atoms with van der Waals surface area (Å²) < 4.78 is 26.1. The van der Waals surface area contributed by atoms with Crippen molar-refractivity contribution in [1.82, 2.24) is 5.43 Å². The van der Waals surface area contributed by atoms with Crippen LogP contribution in [0.1, 0.15) is 16.3 Å². The SMILES string of the molecule is O=C(N/N=C\c1ccc(-c2cccc(F)c2)o1)c1cc2cc(Br)cc(Br)c2o1. The lowest BCUT2D eigenvalue weighted by Gasteiger charge is -1.96. The van der Waals surface area contributed by atoms with Gasteiger partial charge in [-0.2, -0.15) is 5.10 Å². The standard InChI is InChI=1S/C20H11Br2FN2O3/c21-13-6-12-8-18(28-19(12)16(22)9-13)20(26)25-24-10-15-4-5-17(27-15)11-2-1-3-14(23)7-11/h1-10H,(H,25,26)/b24-10-. The molecule has 5 nitrogen and oxygen atoms in total. The van der Waals surface area contributed by atoms with Crippen LogP contribution in [-0.4, -0.2) is 12.1 Å². The summed E-state index contributed by atoms with van der Waals surface area (Å²) in [6.07, 6.45) is 1.36. The van der Waals surface area contributed by atoms with Crippen LogP contribution in [0.5, 0.6) is 0 Å². The van der Waals surface area contributed by atoms with Crippen LogP contribution in [0.2, 0.25) is 0 Å². The number of furan rings is 2. The van der Waals surface area contributed by atoms with E-state index in [1.54, 1.807) is 30.3 Å². The van der Waals surface area contributed by atoms with Gasteiger partial charge in [-0.25, -0.2) is 9.82 Å². The minimum atomic E-state index is -0.493. The van der Waals surface area contributed by atoms with Crippen LogP contribution in [0, 0.1) is 5.82 Å². The maximum atomic E-state index is 13.3. The molecule has 1 N–H and O–H groups in total. The van der Waals surface area contributed by atoms with Gasteiger partial charge in [-0.3, -0.25) is 4.79 Å². The van der Waals surface area contributed by atoms with Crippen LogP contribution in [0.25, 0.3) is 22.3 Å². The van der Waals surface area contributed by atoms with Crippen LogP contribution in [0.4, 0.5) is 4.39 Å². The fraction of sp³-hybridized carbons (Fsp3) is 0. The van der Waals surface area contributed by atoms with Gasteiger partial charge in [0, 0.05) is 15.4 Å². The van der Waals surface area contributed by atoms with Crippen LogP contribution in [0.15, 0.2) is 77.5 Å². The smallest absolute Gasteiger partial charge is 0.307 e. The molecule has 0 spiro atoms. The molecule has 2 aromatic carbocycles. The van der Waals surface area contributed by atoms with Gasteiger partial charge in [0.15, 0.2) is 5.76 Å². The van der Waals surface area contributed by atoms with E-state index >= 15 is 0 Å². The number of hydrazone groups is 1. The molecule has 0 aliphatic carbocycles. The summed E-state index contributed by atoms with van der Waals surface area (Å²) in [5, 5.41) is 4.66. The summed E-state index contributed by atoms with van der Waals surface area (Å²) in [7, 11) is 0. The third-order valence-electron chi connectivity index (χ3n) is 3.85. The van der Waals surface area contributed by atoms with Gasteiger partial charge >= 0.3 is 5.91 Å². The number of nitrogens with one attached hydrogen (secondary N) is 1. The zero-order valence-corrected chi connectivity index (χ0v) is 17.3. The average molecular weight is 506 g/mol. The number of rotatable bonds is 4. The Morgan fingerprint density at radius 1 is 1.07 bits per heavy atom. The number of fused-ring (bicyclic) bond motifs is 1. The van der Waals surface area contributed by atoms with Crippen molar-refractivity contribution in [3.05, 3.63) is 80.9 Å². The lowest BCUT2D eigenvalue weighted by atomic mass is 10.2. The molecular formula is C20H11Br2FN2O3. The molecule has 0 aliphatic heterocycles. The molecule has 2 heterocycles. The Kier molecular flexibility index (Phi) is 5.15. The summed E-state index contributed by atoms with van der Waals surface area (Å²) in [4.78, 5) is 12.2. The molecule has 0 radical (unpaired) electrons. The Balaban J connectivity index is 1.46. The molecule has 140 valence electrons. The normalized spacial score (nSPS) is 11.4. The van der Waals surface area contributed by atoms with E-state index in [1.807, 2.05) is 12.1 Å². The number of carbonyl (C=O) groups excluding carboxylic acids is 1. The summed E-state index contributed by atoms with van der Waals surface area (Å²) in [6.45, 7) is 0. The predicted octanol–water partition coefficient (Wildman–Crippen LogP) is 6.12. The average Bonchev–Trinajstić information content (AvgIpc) is 3.29. The lowest BCUT2D eigenvalue weighted by Crippen LogP contribution is -2.16. The van der Waals surface area contributed by atoms with Crippen molar-refractivity contribution in [3.63, 3.8) is 0 Å². The predicted molar refractivity (Wildman–Crippen MR) is 111 cm³/mol. The Hall–Kier alpha value is -2.71. The van der Waals surface area contributed by atoms with Crippen molar-refractivity contribution < 1.29 is 18.0 Å².